The van der Waals surface area contributed by atoms with Gasteiger partial charge < -0.3 is 14.7 Å². The van der Waals surface area contributed by atoms with Gasteiger partial charge in [0.05, 0.1) is 22.8 Å². The number of aryl methyl sites for hydroxylation is 1. The summed E-state index contributed by atoms with van der Waals surface area (Å²) in [4.78, 5) is 20.8. The molecular weight excluding hydrogens is 406 g/mol. The molecule has 1 aliphatic rings. The van der Waals surface area contributed by atoms with Crippen molar-refractivity contribution in [2.45, 2.75) is 26.8 Å². The van der Waals surface area contributed by atoms with E-state index >= 15 is 0 Å². The van der Waals surface area contributed by atoms with Crippen LogP contribution < -0.4 is 4.90 Å². The Morgan fingerprint density at radius 1 is 1.10 bits per heavy atom. The van der Waals surface area contributed by atoms with Gasteiger partial charge in [0.2, 0.25) is 0 Å². The molecule has 1 saturated heterocycles. The third-order valence-electron chi connectivity index (χ3n) is 5.82. The molecule has 31 heavy (non-hydrogen) atoms. The maximum Gasteiger partial charge on any atom is 0.264 e. The first-order chi connectivity index (χ1) is 15.1. The Balaban J connectivity index is 1.73. The molecule has 0 unspecified atom stereocenters. The first-order valence-corrected chi connectivity index (χ1v) is 11.9. The van der Waals surface area contributed by atoms with Gasteiger partial charge in [0, 0.05) is 38.3 Å². The lowest BCUT2D eigenvalue weighted by molar-refractivity contribution is 0.0748. The molecule has 0 radical (unpaired) electrons. The number of carbonyl (C=O) groups is 1. The van der Waals surface area contributed by atoms with Gasteiger partial charge >= 0.3 is 0 Å². The van der Waals surface area contributed by atoms with Gasteiger partial charge in [-0.1, -0.05) is 31.2 Å². The van der Waals surface area contributed by atoms with Crippen molar-refractivity contribution >= 4 is 23.1 Å². The maximum absolute atomic E-state index is 13.2. The summed E-state index contributed by atoms with van der Waals surface area (Å²) in [5, 5.41) is 6.90. The molecule has 0 bridgehead atoms. The zero-order valence-corrected chi connectivity index (χ0v) is 19.4. The van der Waals surface area contributed by atoms with Gasteiger partial charge in [-0.3, -0.25) is 4.79 Å². The molecule has 0 atom stereocenters. The molecular formula is C24H31N5OS. The summed E-state index contributed by atoms with van der Waals surface area (Å²) < 4.78 is 2.07. The number of carbonyl (C=O) groups excluding carboxylic acids is 1. The van der Waals surface area contributed by atoms with Crippen molar-refractivity contribution in [1.82, 2.24) is 19.6 Å². The van der Waals surface area contributed by atoms with Crippen LogP contribution in [0.4, 0.5) is 5.82 Å². The van der Waals surface area contributed by atoms with Crippen LogP contribution in [0.1, 0.15) is 34.3 Å². The third-order valence-corrected chi connectivity index (χ3v) is 6.68. The van der Waals surface area contributed by atoms with E-state index in [0.717, 1.165) is 66.8 Å². The van der Waals surface area contributed by atoms with E-state index in [1.165, 1.54) is 11.3 Å². The average Bonchev–Trinajstić information content (AvgIpc) is 3.43. The first kappa shape index (κ1) is 21.6. The van der Waals surface area contributed by atoms with Gasteiger partial charge in [0.1, 0.15) is 5.82 Å². The quantitative estimate of drug-likeness (QED) is 0.559. The molecule has 0 saturated carbocycles. The van der Waals surface area contributed by atoms with Gasteiger partial charge in [0.25, 0.3) is 5.91 Å². The zero-order chi connectivity index (χ0) is 21.8. The molecule has 3 aromatic rings. The van der Waals surface area contributed by atoms with Crippen LogP contribution in [0.15, 0.2) is 47.8 Å². The van der Waals surface area contributed by atoms with E-state index in [1.54, 1.807) is 0 Å². The van der Waals surface area contributed by atoms with Crippen molar-refractivity contribution in [3.63, 3.8) is 0 Å². The average molecular weight is 438 g/mol. The van der Waals surface area contributed by atoms with Crippen molar-refractivity contribution in [1.29, 1.82) is 0 Å². The highest BCUT2D eigenvalue weighted by Crippen LogP contribution is 2.30. The SMILES string of the molecule is CCCN(Cc1c(C)nn(-c2ccccc2)c1N1CCN(C)CC1)C(=O)c1cccs1. The number of piperazine rings is 1. The number of rotatable bonds is 7. The van der Waals surface area contributed by atoms with Gasteiger partial charge in [0.15, 0.2) is 0 Å². The normalized spacial score (nSPS) is 14.7. The molecule has 7 heteroatoms. The minimum Gasteiger partial charge on any atom is -0.354 e. The number of hydrogen-bond acceptors (Lipinski definition) is 5. The second-order valence-corrected chi connectivity index (χ2v) is 9.08. The monoisotopic (exact) mass is 437 g/mol. The van der Waals surface area contributed by atoms with Gasteiger partial charge in [-0.15, -0.1) is 11.3 Å². The number of para-hydroxylation sites is 1. The van der Waals surface area contributed by atoms with Crippen LogP contribution in [0.3, 0.4) is 0 Å². The number of benzene rings is 1. The van der Waals surface area contributed by atoms with Crippen LogP contribution in [0.2, 0.25) is 0 Å². The minimum absolute atomic E-state index is 0.105. The van der Waals surface area contributed by atoms with Crippen molar-refractivity contribution < 1.29 is 4.79 Å². The van der Waals surface area contributed by atoms with Crippen LogP contribution >= 0.6 is 11.3 Å². The molecule has 164 valence electrons. The lowest BCUT2D eigenvalue weighted by atomic mass is 10.1. The van der Waals surface area contributed by atoms with Crippen LogP contribution in [0.25, 0.3) is 5.69 Å². The first-order valence-electron chi connectivity index (χ1n) is 11.0. The number of thiophene rings is 1. The Bertz CT molecular complexity index is 991. The third kappa shape index (κ3) is 4.67. The Morgan fingerprint density at radius 3 is 2.48 bits per heavy atom. The molecule has 1 aromatic carbocycles. The molecule has 3 heterocycles. The van der Waals surface area contributed by atoms with Crippen LogP contribution in [-0.2, 0) is 6.54 Å². The van der Waals surface area contributed by atoms with E-state index < -0.39 is 0 Å². The number of anilines is 1. The fourth-order valence-electron chi connectivity index (χ4n) is 4.09. The number of nitrogens with zero attached hydrogens (tertiary/aromatic N) is 5. The molecule has 0 aliphatic carbocycles. The topological polar surface area (TPSA) is 44.6 Å². The van der Waals surface area contributed by atoms with E-state index in [-0.39, 0.29) is 5.91 Å². The molecule has 1 aliphatic heterocycles. The minimum atomic E-state index is 0.105. The fraction of sp³-hybridized carbons (Fsp3) is 0.417. The highest BCUT2D eigenvalue weighted by atomic mass is 32.1. The van der Waals surface area contributed by atoms with Gasteiger partial charge in [-0.25, -0.2) is 4.68 Å². The molecule has 1 fully saturated rings. The van der Waals surface area contributed by atoms with E-state index in [0.29, 0.717) is 6.54 Å². The number of likely N-dealkylation sites (N-methyl/N-ethyl adjacent to an activating group) is 1. The molecule has 4 rings (SSSR count). The highest BCUT2D eigenvalue weighted by Gasteiger charge is 2.27. The highest BCUT2D eigenvalue weighted by molar-refractivity contribution is 7.12. The predicted molar refractivity (Wildman–Crippen MR) is 127 cm³/mol. The second-order valence-electron chi connectivity index (χ2n) is 8.13. The Hall–Kier alpha value is -2.64. The van der Waals surface area contributed by atoms with Crippen LogP contribution in [-0.4, -0.2) is 65.3 Å². The fourth-order valence-corrected chi connectivity index (χ4v) is 4.78. The van der Waals surface area contributed by atoms with E-state index in [1.807, 2.05) is 40.6 Å². The number of aromatic nitrogens is 2. The number of amides is 1. The van der Waals surface area contributed by atoms with E-state index in [4.69, 9.17) is 5.10 Å². The van der Waals surface area contributed by atoms with Crippen molar-refractivity contribution in [3.8, 4) is 5.69 Å². The molecule has 6 nitrogen and oxygen atoms in total. The zero-order valence-electron chi connectivity index (χ0n) is 18.6. The maximum atomic E-state index is 13.2. The Labute approximate surface area is 188 Å². The van der Waals surface area contributed by atoms with Crippen LogP contribution in [0, 0.1) is 6.92 Å². The van der Waals surface area contributed by atoms with Crippen molar-refractivity contribution in [3.05, 3.63) is 64.0 Å². The number of hydrogen-bond donors (Lipinski definition) is 0. The lowest BCUT2D eigenvalue weighted by Gasteiger charge is -2.35. The van der Waals surface area contributed by atoms with Gasteiger partial charge in [-0.2, -0.15) is 5.10 Å². The summed E-state index contributed by atoms with van der Waals surface area (Å²) >= 11 is 1.51. The summed E-state index contributed by atoms with van der Waals surface area (Å²) in [6.07, 6.45) is 0.923. The smallest absolute Gasteiger partial charge is 0.264 e. The predicted octanol–water partition coefficient (Wildman–Crippen LogP) is 4.05. The molecule has 1 amide bonds. The molecule has 0 N–H and O–H groups in total. The standard InChI is InChI=1S/C24H31N5OS/c1-4-12-28(24(30)22-11-8-17-31-22)18-21-19(2)25-29(20-9-6-5-7-10-20)23(21)27-15-13-26(3)14-16-27/h5-11,17H,4,12-16,18H2,1-3H3. The van der Waals surface area contributed by atoms with Crippen molar-refractivity contribution in [2.75, 3.05) is 44.7 Å². The summed E-state index contributed by atoms with van der Waals surface area (Å²) in [5.41, 5.74) is 3.18. The Kier molecular flexibility index (Phi) is 6.73. The van der Waals surface area contributed by atoms with E-state index in [9.17, 15) is 4.79 Å². The Morgan fingerprint density at radius 2 is 1.84 bits per heavy atom. The van der Waals surface area contributed by atoms with Crippen LogP contribution in [0.5, 0.6) is 0 Å². The van der Waals surface area contributed by atoms with E-state index in [2.05, 4.69) is 47.5 Å². The van der Waals surface area contributed by atoms with Crippen molar-refractivity contribution in [2.24, 2.45) is 0 Å². The molecule has 0 spiro atoms. The summed E-state index contributed by atoms with van der Waals surface area (Å²) in [5.74, 6) is 1.23. The summed E-state index contributed by atoms with van der Waals surface area (Å²) in [6, 6.07) is 14.2. The second kappa shape index (κ2) is 9.66. The molecule has 2 aromatic heterocycles. The summed E-state index contributed by atoms with van der Waals surface area (Å²) in [6.45, 7) is 9.43. The largest absolute Gasteiger partial charge is 0.354 e. The summed E-state index contributed by atoms with van der Waals surface area (Å²) in [7, 11) is 2.17. The lowest BCUT2D eigenvalue weighted by Crippen LogP contribution is -2.45. The van der Waals surface area contributed by atoms with Gasteiger partial charge in [-0.05, 0) is 44.0 Å².